The molecule has 0 bridgehead atoms. The van der Waals surface area contributed by atoms with Gasteiger partial charge in [0.2, 0.25) is 5.91 Å². The molecule has 2 aromatic carbocycles. The third kappa shape index (κ3) is 4.80. The molecule has 0 atom stereocenters. The Hall–Kier alpha value is -1.98. The normalized spacial score (nSPS) is 13.7. The van der Waals surface area contributed by atoms with E-state index in [0.717, 1.165) is 30.8 Å². The molecule has 0 unspecified atom stereocenters. The van der Waals surface area contributed by atoms with Crippen LogP contribution in [0.25, 0.3) is 0 Å². The summed E-state index contributed by atoms with van der Waals surface area (Å²) in [5.41, 5.74) is 2.15. The summed E-state index contributed by atoms with van der Waals surface area (Å²) in [5, 5.41) is 3.34. The highest BCUT2D eigenvalue weighted by Gasteiger charge is 2.22. The number of carbonyl (C=O) groups is 2. The first kappa shape index (κ1) is 18.8. The third-order valence-corrected chi connectivity index (χ3v) is 5.52. The van der Waals surface area contributed by atoms with Gasteiger partial charge in [0.25, 0.3) is 5.91 Å². The molecule has 2 amide bonds. The molecule has 2 aromatic rings. The number of anilines is 1. The number of aryl methyl sites for hydroxylation is 1. The number of carbonyl (C=O) groups excluding carboxylic acids is 2. The Balaban J connectivity index is 1.67. The SMILES string of the molecule is Cc1ccc(SCC(=O)Nc2ccc(Cl)cc2C(=O)N2CCCC2)cc1. The van der Waals surface area contributed by atoms with Gasteiger partial charge in [-0.1, -0.05) is 29.3 Å². The summed E-state index contributed by atoms with van der Waals surface area (Å²) in [6.45, 7) is 3.53. The highest BCUT2D eigenvalue weighted by molar-refractivity contribution is 8.00. The average Bonchev–Trinajstić information content (AvgIpc) is 3.17. The summed E-state index contributed by atoms with van der Waals surface area (Å²) >= 11 is 7.54. The lowest BCUT2D eigenvalue weighted by Gasteiger charge is -2.18. The molecule has 6 heteroatoms. The van der Waals surface area contributed by atoms with Crippen molar-refractivity contribution < 1.29 is 9.59 Å². The summed E-state index contributed by atoms with van der Waals surface area (Å²) in [6, 6.07) is 13.0. The molecule has 1 heterocycles. The Morgan fingerprint density at radius 2 is 1.81 bits per heavy atom. The van der Waals surface area contributed by atoms with Crippen LogP contribution < -0.4 is 5.32 Å². The lowest BCUT2D eigenvalue weighted by atomic mass is 10.1. The molecule has 4 nitrogen and oxygen atoms in total. The zero-order chi connectivity index (χ0) is 18.5. The van der Waals surface area contributed by atoms with Crippen LogP contribution in [0.15, 0.2) is 47.4 Å². The van der Waals surface area contributed by atoms with Crippen molar-refractivity contribution in [3.8, 4) is 0 Å². The highest BCUT2D eigenvalue weighted by atomic mass is 35.5. The maximum atomic E-state index is 12.7. The van der Waals surface area contributed by atoms with Gasteiger partial charge in [-0.2, -0.15) is 0 Å². The van der Waals surface area contributed by atoms with Gasteiger partial charge in [-0.3, -0.25) is 9.59 Å². The van der Waals surface area contributed by atoms with E-state index in [4.69, 9.17) is 11.6 Å². The van der Waals surface area contributed by atoms with Gasteiger partial charge in [-0.15, -0.1) is 11.8 Å². The molecule has 3 rings (SSSR count). The van der Waals surface area contributed by atoms with Gasteiger partial charge in [0.15, 0.2) is 0 Å². The Kier molecular flexibility index (Phi) is 6.22. The summed E-state index contributed by atoms with van der Waals surface area (Å²) in [7, 11) is 0. The zero-order valence-electron chi connectivity index (χ0n) is 14.6. The van der Waals surface area contributed by atoms with Crippen molar-refractivity contribution in [1.82, 2.24) is 4.90 Å². The second kappa shape index (κ2) is 8.60. The molecule has 136 valence electrons. The lowest BCUT2D eigenvalue weighted by molar-refractivity contribution is -0.113. The number of hydrogen-bond acceptors (Lipinski definition) is 3. The second-order valence-electron chi connectivity index (χ2n) is 6.34. The Bertz CT molecular complexity index is 802. The van der Waals surface area contributed by atoms with Crippen LogP contribution in [0.4, 0.5) is 5.69 Å². The van der Waals surface area contributed by atoms with Crippen molar-refractivity contribution in [2.45, 2.75) is 24.7 Å². The molecular weight excluding hydrogens is 368 g/mol. The molecule has 0 spiro atoms. The van der Waals surface area contributed by atoms with Crippen LogP contribution in [0.2, 0.25) is 5.02 Å². The summed E-state index contributed by atoms with van der Waals surface area (Å²) in [4.78, 5) is 27.9. The van der Waals surface area contributed by atoms with E-state index >= 15 is 0 Å². The van der Waals surface area contributed by atoms with E-state index in [0.29, 0.717) is 16.3 Å². The van der Waals surface area contributed by atoms with Crippen LogP contribution in [-0.2, 0) is 4.79 Å². The van der Waals surface area contributed by atoms with Gasteiger partial charge < -0.3 is 10.2 Å². The Labute approximate surface area is 162 Å². The zero-order valence-corrected chi connectivity index (χ0v) is 16.2. The van der Waals surface area contributed by atoms with Crippen molar-refractivity contribution in [1.29, 1.82) is 0 Å². The minimum absolute atomic E-state index is 0.0773. The molecule has 26 heavy (non-hydrogen) atoms. The van der Waals surface area contributed by atoms with Crippen molar-refractivity contribution in [2.24, 2.45) is 0 Å². The number of rotatable bonds is 5. The molecule has 0 saturated carbocycles. The quantitative estimate of drug-likeness (QED) is 0.760. The molecule has 0 aromatic heterocycles. The van der Waals surface area contributed by atoms with Gasteiger partial charge in [0.1, 0.15) is 0 Å². The van der Waals surface area contributed by atoms with Crippen molar-refractivity contribution in [3.63, 3.8) is 0 Å². The molecule has 1 aliphatic heterocycles. The number of nitrogens with zero attached hydrogens (tertiary/aromatic N) is 1. The predicted octanol–water partition coefficient (Wildman–Crippen LogP) is 4.62. The summed E-state index contributed by atoms with van der Waals surface area (Å²) < 4.78 is 0. The van der Waals surface area contributed by atoms with Gasteiger partial charge >= 0.3 is 0 Å². The van der Waals surface area contributed by atoms with Crippen LogP contribution in [-0.4, -0.2) is 35.6 Å². The Morgan fingerprint density at radius 3 is 2.50 bits per heavy atom. The van der Waals surface area contributed by atoms with Crippen LogP contribution >= 0.6 is 23.4 Å². The second-order valence-corrected chi connectivity index (χ2v) is 7.82. The number of amides is 2. The predicted molar refractivity (Wildman–Crippen MR) is 107 cm³/mol. The standard InChI is InChI=1S/C20H21ClN2O2S/c1-14-4-7-16(8-5-14)26-13-19(24)22-18-9-6-15(21)12-17(18)20(25)23-10-2-3-11-23/h4-9,12H,2-3,10-11,13H2,1H3,(H,22,24). The molecule has 1 saturated heterocycles. The van der Waals surface area contributed by atoms with Crippen LogP contribution in [0, 0.1) is 6.92 Å². The minimum atomic E-state index is -0.145. The monoisotopic (exact) mass is 388 g/mol. The molecule has 1 fully saturated rings. The number of hydrogen-bond donors (Lipinski definition) is 1. The third-order valence-electron chi connectivity index (χ3n) is 4.27. The molecular formula is C20H21ClN2O2S. The average molecular weight is 389 g/mol. The minimum Gasteiger partial charge on any atom is -0.339 e. The first-order chi connectivity index (χ1) is 12.5. The molecule has 0 aliphatic carbocycles. The first-order valence-corrected chi connectivity index (χ1v) is 9.97. The first-order valence-electron chi connectivity index (χ1n) is 8.61. The van der Waals surface area contributed by atoms with Gasteiger partial charge in [-0.25, -0.2) is 0 Å². The van der Waals surface area contributed by atoms with E-state index in [1.165, 1.54) is 17.3 Å². The lowest BCUT2D eigenvalue weighted by Crippen LogP contribution is -2.29. The Morgan fingerprint density at radius 1 is 1.12 bits per heavy atom. The van der Waals surface area contributed by atoms with Crippen molar-refractivity contribution in [3.05, 3.63) is 58.6 Å². The molecule has 0 radical (unpaired) electrons. The van der Waals surface area contributed by atoms with E-state index < -0.39 is 0 Å². The van der Waals surface area contributed by atoms with Crippen LogP contribution in [0.3, 0.4) is 0 Å². The van der Waals surface area contributed by atoms with Gasteiger partial charge in [0.05, 0.1) is 17.0 Å². The van der Waals surface area contributed by atoms with E-state index in [1.54, 1.807) is 18.2 Å². The number of benzene rings is 2. The maximum absolute atomic E-state index is 12.7. The molecule has 1 aliphatic rings. The fourth-order valence-corrected chi connectivity index (χ4v) is 3.73. The van der Waals surface area contributed by atoms with Gasteiger partial charge in [0, 0.05) is 23.0 Å². The number of nitrogens with one attached hydrogen (secondary N) is 1. The maximum Gasteiger partial charge on any atom is 0.256 e. The van der Waals surface area contributed by atoms with Gasteiger partial charge in [-0.05, 0) is 50.1 Å². The van der Waals surface area contributed by atoms with E-state index in [2.05, 4.69) is 5.32 Å². The largest absolute Gasteiger partial charge is 0.339 e. The number of thioether (sulfide) groups is 1. The van der Waals surface area contributed by atoms with Crippen molar-refractivity contribution in [2.75, 3.05) is 24.2 Å². The molecule has 1 N–H and O–H groups in total. The summed E-state index contributed by atoms with van der Waals surface area (Å²) in [6.07, 6.45) is 2.03. The van der Waals surface area contributed by atoms with E-state index in [-0.39, 0.29) is 17.6 Å². The van der Waals surface area contributed by atoms with Crippen LogP contribution in [0.1, 0.15) is 28.8 Å². The smallest absolute Gasteiger partial charge is 0.256 e. The fraction of sp³-hybridized carbons (Fsp3) is 0.300. The topological polar surface area (TPSA) is 49.4 Å². The number of likely N-dealkylation sites (tertiary alicyclic amines) is 1. The van der Waals surface area contributed by atoms with Crippen molar-refractivity contribution >= 4 is 40.9 Å². The van der Waals surface area contributed by atoms with E-state index in [1.807, 2.05) is 36.1 Å². The number of halogens is 1. The van der Waals surface area contributed by atoms with E-state index in [9.17, 15) is 9.59 Å². The fourth-order valence-electron chi connectivity index (χ4n) is 2.86. The summed E-state index contributed by atoms with van der Waals surface area (Å²) in [5.74, 6) is 0.0584. The highest BCUT2D eigenvalue weighted by Crippen LogP contribution is 2.25. The van der Waals surface area contributed by atoms with Crippen LogP contribution in [0.5, 0.6) is 0 Å².